The van der Waals surface area contributed by atoms with E-state index in [-0.39, 0.29) is 11.3 Å². The second kappa shape index (κ2) is 5.72. The molecule has 2 aromatic carbocycles. The molecule has 0 aliphatic heterocycles. The fraction of sp³-hybridized carbons (Fsp3) is 0. The summed E-state index contributed by atoms with van der Waals surface area (Å²) in [5.74, 6) is -1.89. The molecule has 0 saturated heterocycles. The molecule has 0 spiro atoms. The number of carboxylic acids is 1. The average molecular weight is 335 g/mol. The Bertz CT molecular complexity index is 726. The van der Waals surface area contributed by atoms with Gasteiger partial charge < -0.3 is 10.4 Å². The van der Waals surface area contributed by atoms with E-state index in [1.165, 1.54) is 18.2 Å². The lowest BCUT2D eigenvalue weighted by molar-refractivity contribution is 0.0697. The zero-order valence-corrected chi connectivity index (χ0v) is 11.6. The van der Waals surface area contributed by atoms with Crippen LogP contribution in [0.5, 0.6) is 0 Å². The predicted octanol–water partition coefficient (Wildman–Crippen LogP) is 3.90. The first-order valence-corrected chi connectivity index (χ1v) is 6.30. The quantitative estimate of drug-likeness (QED) is 0.892. The fourth-order valence-corrected chi connectivity index (χ4v) is 2.13. The molecule has 100 valence electrons. The van der Waals surface area contributed by atoms with Crippen LogP contribution in [0.1, 0.15) is 15.9 Å². The number of anilines is 2. The van der Waals surface area contributed by atoms with Crippen LogP contribution in [0.15, 0.2) is 40.9 Å². The number of hydrogen-bond donors (Lipinski definition) is 2. The van der Waals surface area contributed by atoms with Crippen molar-refractivity contribution in [1.82, 2.24) is 0 Å². The Hall–Kier alpha value is -2.39. The zero-order valence-electron chi connectivity index (χ0n) is 10.0. The standard InChI is InChI=1S/C14H8BrFN2O2/c15-10-6-8(7-17)4-5-12(10)18-13-9(14(19)20)2-1-3-11(13)16/h1-6,18H,(H,19,20). The van der Waals surface area contributed by atoms with Crippen LogP contribution in [0.4, 0.5) is 15.8 Å². The molecule has 0 radical (unpaired) electrons. The highest BCUT2D eigenvalue weighted by Gasteiger charge is 2.15. The van der Waals surface area contributed by atoms with Gasteiger partial charge in [-0.3, -0.25) is 0 Å². The van der Waals surface area contributed by atoms with Gasteiger partial charge in [0.2, 0.25) is 0 Å². The Balaban J connectivity index is 2.45. The van der Waals surface area contributed by atoms with Gasteiger partial charge in [0.15, 0.2) is 0 Å². The SMILES string of the molecule is N#Cc1ccc(Nc2c(F)cccc2C(=O)O)c(Br)c1. The van der Waals surface area contributed by atoms with Crippen LogP contribution in [0, 0.1) is 17.1 Å². The lowest BCUT2D eigenvalue weighted by Crippen LogP contribution is -2.05. The summed E-state index contributed by atoms with van der Waals surface area (Å²) in [4.78, 5) is 11.1. The number of rotatable bonds is 3. The lowest BCUT2D eigenvalue weighted by Gasteiger charge is -2.12. The summed E-state index contributed by atoms with van der Waals surface area (Å²) in [6.45, 7) is 0. The molecule has 0 saturated carbocycles. The van der Waals surface area contributed by atoms with Gasteiger partial charge in [0.1, 0.15) is 5.82 Å². The molecule has 0 amide bonds. The summed E-state index contributed by atoms with van der Waals surface area (Å²) in [7, 11) is 0. The summed E-state index contributed by atoms with van der Waals surface area (Å²) < 4.78 is 14.3. The summed E-state index contributed by atoms with van der Waals surface area (Å²) in [5, 5.41) is 20.6. The summed E-state index contributed by atoms with van der Waals surface area (Å²) in [6.07, 6.45) is 0. The van der Waals surface area contributed by atoms with E-state index in [4.69, 9.17) is 10.4 Å². The second-order valence-electron chi connectivity index (χ2n) is 3.90. The van der Waals surface area contributed by atoms with Crippen LogP contribution in [-0.2, 0) is 0 Å². The number of para-hydroxylation sites is 1. The Morgan fingerprint density at radius 2 is 2.10 bits per heavy atom. The van der Waals surface area contributed by atoms with Gasteiger partial charge in [-0.1, -0.05) is 6.07 Å². The molecule has 0 unspecified atom stereocenters. The molecule has 6 heteroatoms. The molecule has 2 aromatic rings. The van der Waals surface area contributed by atoms with Gasteiger partial charge >= 0.3 is 5.97 Å². The molecule has 20 heavy (non-hydrogen) atoms. The topological polar surface area (TPSA) is 73.1 Å². The average Bonchev–Trinajstić information content (AvgIpc) is 2.42. The largest absolute Gasteiger partial charge is 0.478 e. The van der Waals surface area contributed by atoms with Crippen molar-refractivity contribution in [2.45, 2.75) is 0 Å². The third-order valence-corrected chi connectivity index (χ3v) is 3.26. The van der Waals surface area contributed by atoms with Gasteiger partial charge in [-0.15, -0.1) is 0 Å². The number of aromatic carboxylic acids is 1. The Morgan fingerprint density at radius 1 is 1.35 bits per heavy atom. The number of carbonyl (C=O) groups is 1. The van der Waals surface area contributed by atoms with E-state index in [1.807, 2.05) is 6.07 Å². The minimum atomic E-state index is -1.23. The highest BCUT2D eigenvalue weighted by atomic mass is 79.9. The van der Waals surface area contributed by atoms with Crippen LogP contribution in [0.25, 0.3) is 0 Å². The van der Waals surface area contributed by atoms with Crippen molar-refractivity contribution >= 4 is 33.3 Å². The molecule has 0 atom stereocenters. The molecule has 4 nitrogen and oxygen atoms in total. The van der Waals surface area contributed by atoms with Crippen molar-refractivity contribution < 1.29 is 14.3 Å². The van der Waals surface area contributed by atoms with Gasteiger partial charge in [-0.2, -0.15) is 5.26 Å². The highest BCUT2D eigenvalue weighted by molar-refractivity contribution is 9.10. The summed E-state index contributed by atoms with van der Waals surface area (Å²) >= 11 is 3.25. The molecule has 0 heterocycles. The van der Waals surface area contributed by atoms with Crippen LogP contribution >= 0.6 is 15.9 Å². The van der Waals surface area contributed by atoms with Crippen LogP contribution in [0.3, 0.4) is 0 Å². The Morgan fingerprint density at radius 3 is 2.70 bits per heavy atom. The second-order valence-corrected chi connectivity index (χ2v) is 4.75. The smallest absolute Gasteiger partial charge is 0.337 e. The first-order valence-electron chi connectivity index (χ1n) is 5.51. The van der Waals surface area contributed by atoms with E-state index in [2.05, 4.69) is 21.2 Å². The van der Waals surface area contributed by atoms with Crippen molar-refractivity contribution in [3.05, 3.63) is 57.8 Å². The molecular formula is C14H8BrFN2O2. The van der Waals surface area contributed by atoms with Crippen LogP contribution in [-0.4, -0.2) is 11.1 Å². The number of halogens is 2. The molecule has 0 aromatic heterocycles. The molecule has 0 fully saturated rings. The molecule has 2 N–H and O–H groups in total. The van der Waals surface area contributed by atoms with Gasteiger partial charge in [0.25, 0.3) is 0 Å². The third kappa shape index (κ3) is 2.78. The van der Waals surface area contributed by atoms with Crippen molar-refractivity contribution in [2.24, 2.45) is 0 Å². The van der Waals surface area contributed by atoms with E-state index in [9.17, 15) is 9.18 Å². The normalized spacial score (nSPS) is 9.85. The van der Waals surface area contributed by atoms with Crippen molar-refractivity contribution in [1.29, 1.82) is 5.26 Å². The Labute approximate surface area is 122 Å². The van der Waals surface area contributed by atoms with Crippen LogP contribution < -0.4 is 5.32 Å². The van der Waals surface area contributed by atoms with E-state index in [0.29, 0.717) is 15.7 Å². The molecular weight excluding hydrogens is 327 g/mol. The fourth-order valence-electron chi connectivity index (χ4n) is 1.65. The molecule has 0 bridgehead atoms. The van der Waals surface area contributed by atoms with E-state index in [1.54, 1.807) is 18.2 Å². The van der Waals surface area contributed by atoms with E-state index >= 15 is 0 Å². The van der Waals surface area contributed by atoms with E-state index in [0.717, 1.165) is 0 Å². The molecule has 2 rings (SSSR count). The van der Waals surface area contributed by atoms with Crippen molar-refractivity contribution in [3.63, 3.8) is 0 Å². The third-order valence-electron chi connectivity index (χ3n) is 2.60. The highest BCUT2D eigenvalue weighted by Crippen LogP contribution is 2.30. The van der Waals surface area contributed by atoms with Gasteiger partial charge in [0, 0.05) is 4.47 Å². The maximum Gasteiger partial charge on any atom is 0.337 e. The molecule has 0 aliphatic rings. The number of nitrogens with one attached hydrogen (secondary N) is 1. The minimum absolute atomic E-state index is 0.120. The number of nitrogens with zero attached hydrogens (tertiary/aromatic N) is 1. The zero-order chi connectivity index (χ0) is 14.7. The first kappa shape index (κ1) is 14.0. The maximum atomic E-state index is 13.8. The molecule has 0 aliphatic carbocycles. The van der Waals surface area contributed by atoms with Crippen LogP contribution in [0.2, 0.25) is 0 Å². The first-order chi connectivity index (χ1) is 9.52. The van der Waals surface area contributed by atoms with Gasteiger partial charge in [-0.25, -0.2) is 9.18 Å². The summed E-state index contributed by atoms with van der Waals surface area (Å²) in [6, 6.07) is 10.5. The summed E-state index contributed by atoms with van der Waals surface area (Å²) in [5.41, 5.74) is 0.623. The minimum Gasteiger partial charge on any atom is -0.478 e. The van der Waals surface area contributed by atoms with E-state index < -0.39 is 11.8 Å². The predicted molar refractivity (Wildman–Crippen MR) is 75.5 cm³/mol. The monoisotopic (exact) mass is 334 g/mol. The number of hydrogen-bond acceptors (Lipinski definition) is 3. The van der Waals surface area contributed by atoms with Gasteiger partial charge in [-0.05, 0) is 46.3 Å². The van der Waals surface area contributed by atoms with Crippen molar-refractivity contribution in [3.8, 4) is 6.07 Å². The van der Waals surface area contributed by atoms with Gasteiger partial charge in [0.05, 0.1) is 28.6 Å². The number of carboxylic acid groups (broad SMARTS) is 1. The number of benzene rings is 2. The maximum absolute atomic E-state index is 13.8. The lowest BCUT2D eigenvalue weighted by atomic mass is 10.1. The number of nitriles is 1. The van der Waals surface area contributed by atoms with Crippen molar-refractivity contribution in [2.75, 3.05) is 5.32 Å². The Kier molecular flexibility index (Phi) is 4.01.